The van der Waals surface area contributed by atoms with Gasteiger partial charge in [0, 0.05) is 18.6 Å². The SMILES string of the molecule is C[C@]12CC(O)CN1C[C@H](F)C2. The Kier molecular flexibility index (Phi) is 1.48. The fourth-order valence-electron chi connectivity index (χ4n) is 2.46. The molecule has 3 atom stereocenters. The number of fused-ring (bicyclic) bond motifs is 1. The van der Waals surface area contributed by atoms with Gasteiger partial charge in [0.25, 0.3) is 0 Å². The van der Waals surface area contributed by atoms with Gasteiger partial charge in [-0.3, -0.25) is 4.90 Å². The molecule has 0 bridgehead atoms. The maximum absolute atomic E-state index is 12.9. The maximum atomic E-state index is 12.9. The van der Waals surface area contributed by atoms with E-state index in [0.29, 0.717) is 19.5 Å². The highest BCUT2D eigenvalue weighted by molar-refractivity contribution is 5.03. The van der Waals surface area contributed by atoms with Crippen molar-refractivity contribution in [1.82, 2.24) is 4.90 Å². The molecule has 0 saturated carbocycles. The summed E-state index contributed by atoms with van der Waals surface area (Å²) in [5.41, 5.74) is -0.0428. The van der Waals surface area contributed by atoms with Gasteiger partial charge in [0.2, 0.25) is 0 Å². The van der Waals surface area contributed by atoms with Crippen LogP contribution in [-0.2, 0) is 0 Å². The molecule has 11 heavy (non-hydrogen) atoms. The molecule has 3 heteroatoms. The number of β-amino-alcohol motifs (C(OH)–C–C–N with tert-alkyl or cyclic N) is 1. The molecule has 0 aliphatic carbocycles. The van der Waals surface area contributed by atoms with Gasteiger partial charge in [-0.05, 0) is 19.8 Å². The van der Waals surface area contributed by atoms with Crippen LogP contribution in [0.25, 0.3) is 0 Å². The minimum absolute atomic E-state index is 0.0428. The Morgan fingerprint density at radius 2 is 2.18 bits per heavy atom. The largest absolute Gasteiger partial charge is 0.392 e. The van der Waals surface area contributed by atoms with Crippen molar-refractivity contribution in [3.8, 4) is 0 Å². The zero-order valence-electron chi connectivity index (χ0n) is 6.76. The Morgan fingerprint density at radius 1 is 1.45 bits per heavy atom. The zero-order valence-corrected chi connectivity index (χ0v) is 6.76. The van der Waals surface area contributed by atoms with Gasteiger partial charge in [0.05, 0.1) is 6.10 Å². The quantitative estimate of drug-likeness (QED) is 0.558. The number of hydrogen-bond acceptors (Lipinski definition) is 2. The molecule has 2 rings (SSSR count). The summed E-state index contributed by atoms with van der Waals surface area (Å²) in [6.07, 6.45) is 0.442. The summed E-state index contributed by atoms with van der Waals surface area (Å²) in [4.78, 5) is 2.07. The van der Waals surface area contributed by atoms with Crippen LogP contribution in [0.15, 0.2) is 0 Å². The lowest BCUT2D eigenvalue weighted by molar-refractivity contribution is 0.169. The van der Waals surface area contributed by atoms with Gasteiger partial charge in [0.1, 0.15) is 6.17 Å². The molecule has 2 heterocycles. The Balaban J connectivity index is 2.13. The molecule has 0 radical (unpaired) electrons. The highest BCUT2D eigenvalue weighted by Crippen LogP contribution is 2.39. The van der Waals surface area contributed by atoms with Crippen LogP contribution >= 0.6 is 0 Å². The van der Waals surface area contributed by atoms with Crippen molar-refractivity contribution >= 4 is 0 Å². The summed E-state index contributed by atoms with van der Waals surface area (Å²) in [6.45, 7) is 3.23. The lowest BCUT2D eigenvalue weighted by Gasteiger charge is -2.25. The van der Waals surface area contributed by atoms with Gasteiger partial charge in [-0.2, -0.15) is 0 Å². The molecule has 0 spiro atoms. The predicted molar refractivity (Wildman–Crippen MR) is 40.1 cm³/mol. The van der Waals surface area contributed by atoms with Crippen LogP contribution in [0.2, 0.25) is 0 Å². The van der Waals surface area contributed by atoms with Crippen molar-refractivity contribution in [2.45, 2.75) is 37.6 Å². The molecule has 0 aromatic carbocycles. The number of alkyl halides is 1. The standard InChI is InChI=1S/C8H14FNO/c1-8-2-6(9)4-10(8)5-7(11)3-8/h6-7,11H,2-5H2,1H3/t6-,7?,8+/m1/s1. The van der Waals surface area contributed by atoms with Gasteiger partial charge >= 0.3 is 0 Å². The lowest BCUT2D eigenvalue weighted by atomic mass is 9.96. The minimum atomic E-state index is -0.674. The minimum Gasteiger partial charge on any atom is -0.392 e. The van der Waals surface area contributed by atoms with Crippen LogP contribution in [-0.4, -0.2) is 40.9 Å². The Morgan fingerprint density at radius 3 is 2.82 bits per heavy atom. The second-order valence-corrected chi connectivity index (χ2v) is 4.06. The third-order valence-electron chi connectivity index (χ3n) is 2.95. The Labute approximate surface area is 66.0 Å². The van der Waals surface area contributed by atoms with E-state index in [9.17, 15) is 9.50 Å². The van der Waals surface area contributed by atoms with E-state index >= 15 is 0 Å². The van der Waals surface area contributed by atoms with Crippen LogP contribution in [0.1, 0.15) is 19.8 Å². The maximum Gasteiger partial charge on any atom is 0.115 e. The first-order chi connectivity index (χ1) is 5.10. The van der Waals surface area contributed by atoms with Crippen LogP contribution in [0.3, 0.4) is 0 Å². The van der Waals surface area contributed by atoms with E-state index in [0.717, 1.165) is 6.42 Å². The molecule has 0 aromatic rings. The average molecular weight is 159 g/mol. The van der Waals surface area contributed by atoms with Crippen molar-refractivity contribution in [1.29, 1.82) is 0 Å². The van der Waals surface area contributed by atoms with Gasteiger partial charge in [-0.1, -0.05) is 0 Å². The van der Waals surface area contributed by atoms with Crippen LogP contribution < -0.4 is 0 Å². The van der Waals surface area contributed by atoms with E-state index in [-0.39, 0.29) is 11.6 Å². The van der Waals surface area contributed by atoms with Crippen molar-refractivity contribution in [3.05, 3.63) is 0 Å². The van der Waals surface area contributed by atoms with Crippen molar-refractivity contribution in [2.24, 2.45) is 0 Å². The molecule has 2 aliphatic heterocycles. The number of aliphatic hydroxyl groups excluding tert-OH is 1. The number of hydrogen-bond donors (Lipinski definition) is 1. The van der Waals surface area contributed by atoms with Crippen LogP contribution in [0.5, 0.6) is 0 Å². The summed E-state index contributed by atoms with van der Waals surface area (Å²) < 4.78 is 12.9. The highest BCUT2D eigenvalue weighted by Gasteiger charge is 2.48. The van der Waals surface area contributed by atoms with E-state index in [1.165, 1.54) is 0 Å². The molecule has 1 N–H and O–H groups in total. The summed E-state index contributed by atoms with van der Waals surface area (Å²) in [7, 11) is 0. The number of aliphatic hydroxyl groups is 1. The first-order valence-electron chi connectivity index (χ1n) is 4.17. The van der Waals surface area contributed by atoms with E-state index in [1.807, 2.05) is 6.92 Å². The van der Waals surface area contributed by atoms with Gasteiger partial charge in [-0.15, -0.1) is 0 Å². The molecule has 2 nitrogen and oxygen atoms in total. The molecule has 2 aliphatic rings. The van der Waals surface area contributed by atoms with Crippen molar-refractivity contribution < 1.29 is 9.50 Å². The third-order valence-corrected chi connectivity index (χ3v) is 2.95. The summed E-state index contributed by atoms with van der Waals surface area (Å²) in [5.74, 6) is 0. The molecule has 1 unspecified atom stereocenters. The fourth-order valence-corrected chi connectivity index (χ4v) is 2.46. The van der Waals surface area contributed by atoms with E-state index in [2.05, 4.69) is 4.90 Å². The zero-order chi connectivity index (χ0) is 8.06. The Hall–Kier alpha value is -0.150. The average Bonchev–Trinajstić information content (AvgIpc) is 2.16. The first kappa shape index (κ1) is 7.50. The van der Waals surface area contributed by atoms with Gasteiger partial charge in [-0.25, -0.2) is 4.39 Å². The third kappa shape index (κ3) is 1.07. The molecule has 64 valence electrons. The summed E-state index contributed by atoms with van der Waals surface area (Å²) >= 11 is 0. The Bertz CT molecular complexity index is 159. The van der Waals surface area contributed by atoms with Gasteiger partial charge in [0.15, 0.2) is 0 Å². The number of halogens is 1. The summed E-state index contributed by atoms with van der Waals surface area (Å²) in [6, 6.07) is 0. The second-order valence-electron chi connectivity index (χ2n) is 4.06. The number of nitrogens with zero attached hydrogens (tertiary/aromatic N) is 1. The molecule has 0 aromatic heterocycles. The molecular formula is C8H14FNO. The highest BCUT2D eigenvalue weighted by atomic mass is 19.1. The molecule has 2 fully saturated rings. The lowest BCUT2D eigenvalue weighted by Crippen LogP contribution is -2.34. The normalized spacial score (nSPS) is 51.5. The van der Waals surface area contributed by atoms with E-state index in [1.54, 1.807) is 0 Å². The number of rotatable bonds is 0. The first-order valence-corrected chi connectivity index (χ1v) is 4.17. The van der Waals surface area contributed by atoms with E-state index < -0.39 is 6.17 Å². The van der Waals surface area contributed by atoms with E-state index in [4.69, 9.17) is 0 Å². The topological polar surface area (TPSA) is 23.5 Å². The molecule has 2 saturated heterocycles. The van der Waals surface area contributed by atoms with Crippen molar-refractivity contribution in [3.63, 3.8) is 0 Å². The van der Waals surface area contributed by atoms with Crippen molar-refractivity contribution in [2.75, 3.05) is 13.1 Å². The van der Waals surface area contributed by atoms with Gasteiger partial charge < -0.3 is 5.11 Å². The van der Waals surface area contributed by atoms with Crippen LogP contribution in [0.4, 0.5) is 4.39 Å². The smallest absolute Gasteiger partial charge is 0.115 e. The fraction of sp³-hybridized carbons (Fsp3) is 1.00. The molecular weight excluding hydrogens is 145 g/mol. The second kappa shape index (κ2) is 2.17. The monoisotopic (exact) mass is 159 g/mol. The predicted octanol–water partition coefficient (Wildman–Crippen LogP) is 0.553. The van der Waals surface area contributed by atoms with Crippen LogP contribution in [0, 0.1) is 0 Å². The summed E-state index contributed by atoms with van der Waals surface area (Å²) in [5, 5.41) is 9.32. The molecule has 0 amide bonds.